The summed E-state index contributed by atoms with van der Waals surface area (Å²) in [5.41, 5.74) is 5.95. The lowest BCUT2D eigenvalue weighted by Gasteiger charge is -2.08. The van der Waals surface area contributed by atoms with Crippen molar-refractivity contribution in [3.8, 4) is 5.69 Å². The standard InChI is InChI=1S/C10H8BrFN4/c11-8-6(10(13)14)2-3-7(9(8)12)16-5-1-4-15-16/h1-5H,(H3,13,14). The van der Waals surface area contributed by atoms with Crippen LogP contribution in [0.3, 0.4) is 0 Å². The van der Waals surface area contributed by atoms with Crippen LogP contribution in [-0.2, 0) is 0 Å². The molecule has 16 heavy (non-hydrogen) atoms. The maximum absolute atomic E-state index is 13.9. The molecule has 0 bridgehead atoms. The van der Waals surface area contributed by atoms with E-state index in [1.54, 1.807) is 24.5 Å². The van der Waals surface area contributed by atoms with Crippen LogP contribution in [0.5, 0.6) is 0 Å². The molecule has 0 aliphatic rings. The molecule has 0 amide bonds. The zero-order valence-corrected chi connectivity index (χ0v) is 9.70. The summed E-state index contributed by atoms with van der Waals surface area (Å²) in [7, 11) is 0. The van der Waals surface area contributed by atoms with Gasteiger partial charge in [0.2, 0.25) is 0 Å². The Morgan fingerprint density at radius 2 is 2.25 bits per heavy atom. The van der Waals surface area contributed by atoms with Crippen LogP contribution in [0, 0.1) is 11.2 Å². The van der Waals surface area contributed by atoms with Crippen molar-refractivity contribution >= 4 is 21.8 Å². The quantitative estimate of drug-likeness (QED) is 0.654. The Balaban J connectivity index is 2.60. The number of nitrogens with one attached hydrogen (secondary N) is 1. The number of hydrogen-bond acceptors (Lipinski definition) is 2. The van der Waals surface area contributed by atoms with Gasteiger partial charge in [-0.1, -0.05) is 0 Å². The van der Waals surface area contributed by atoms with Gasteiger partial charge in [0.1, 0.15) is 11.5 Å². The largest absolute Gasteiger partial charge is 0.384 e. The van der Waals surface area contributed by atoms with Crippen LogP contribution in [0.25, 0.3) is 5.69 Å². The first-order valence-corrected chi connectivity index (χ1v) is 5.23. The third kappa shape index (κ3) is 1.71. The molecule has 0 spiro atoms. The maximum atomic E-state index is 13.9. The summed E-state index contributed by atoms with van der Waals surface area (Å²) in [4.78, 5) is 0. The second-order valence-electron chi connectivity index (χ2n) is 3.12. The number of halogens is 2. The minimum Gasteiger partial charge on any atom is -0.384 e. The zero-order valence-electron chi connectivity index (χ0n) is 8.11. The topological polar surface area (TPSA) is 67.7 Å². The molecule has 0 aliphatic heterocycles. The van der Waals surface area contributed by atoms with Gasteiger partial charge >= 0.3 is 0 Å². The second kappa shape index (κ2) is 4.05. The Morgan fingerprint density at radius 3 is 2.81 bits per heavy atom. The van der Waals surface area contributed by atoms with Crippen LogP contribution in [0.2, 0.25) is 0 Å². The van der Waals surface area contributed by atoms with Crippen molar-refractivity contribution in [3.05, 3.63) is 46.4 Å². The number of amidine groups is 1. The van der Waals surface area contributed by atoms with Crippen LogP contribution < -0.4 is 5.73 Å². The normalized spacial score (nSPS) is 10.4. The van der Waals surface area contributed by atoms with E-state index in [9.17, 15) is 4.39 Å². The Labute approximate surface area is 99.5 Å². The lowest BCUT2D eigenvalue weighted by molar-refractivity contribution is 0.604. The molecule has 82 valence electrons. The highest BCUT2D eigenvalue weighted by Gasteiger charge is 2.14. The molecule has 0 unspecified atom stereocenters. The van der Waals surface area contributed by atoms with E-state index in [0.29, 0.717) is 11.3 Å². The zero-order chi connectivity index (χ0) is 11.7. The summed E-state index contributed by atoms with van der Waals surface area (Å²) in [6.07, 6.45) is 3.20. The fourth-order valence-corrected chi connectivity index (χ4v) is 1.88. The van der Waals surface area contributed by atoms with Gasteiger partial charge in [-0.25, -0.2) is 9.07 Å². The van der Waals surface area contributed by atoms with E-state index in [1.165, 1.54) is 10.7 Å². The average molecular weight is 283 g/mol. The first-order chi connectivity index (χ1) is 7.61. The molecule has 1 aromatic carbocycles. The molecule has 0 saturated heterocycles. The van der Waals surface area contributed by atoms with Gasteiger partial charge in [-0.05, 0) is 34.1 Å². The predicted molar refractivity (Wildman–Crippen MR) is 62.2 cm³/mol. The van der Waals surface area contributed by atoms with Crippen molar-refractivity contribution in [2.75, 3.05) is 0 Å². The Kier molecular flexibility index (Phi) is 2.74. The molecule has 0 fully saturated rings. The summed E-state index contributed by atoms with van der Waals surface area (Å²) in [6, 6.07) is 4.81. The summed E-state index contributed by atoms with van der Waals surface area (Å²) in [6.45, 7) is 0. The molecule has 4 nitrogen and oxygen atoms in total. The highest BCUT2D eigenvalue weighted by Crippen LogP contribution is 2.25. The number of rotatable bonds is 2. The van der Waals surface area contributed by atoms with E-state index in [4.69, 9.17) is 11.1 Å². The molecule has 6 heteroatoms. The summed E-state index contributed by atoms with van der Waals surface area (Å²) < 4.78 is 15.5. The van der Waals surface area contributed by atoms with Crippen LogP contribution in [0.1, 0.15) is 5.56 Å². The van der Waals surface area contributed by atoms with Crippen molar-refractivity contribution in [2.24, 2.45) is 5.73 Å². The summed E-state index contributed by atoms with van der Waals surface area (Å²) >= 11 is 3.08. The highest BCUT2D eigenvalue weighted by molar-refractivity contribution is 9.10. The first-order valence-electron chi connectivity index (χ1n) is 4.43. The predicted octanol–water partition coefficient (Wildman–Crippen LogP) is 2.06. The molecule has 0 aliphatic carbocycles. The van der Waals surface area contributed by atoms with Crippen molar-refractivity contribution in [1.29, 1.82) is 5.41 Å². The second-order valence-corrected chi connectivity index (χ2v) is 3.92. The molecule has 0 atom stereocenters. The minimum absolute atomic E-state index is 0.174. The SMILES string of the molecule is N=C(N)c1ccc(-n2cccn2)c(F)c1Br. The van der Waals surface area contributed by atoms with Crippen molar-refractivity contribution in [2.45, 2.75) is 0 Å². The molecular formula is C10H8BrFN4. The van der Waals surface area contributed by atoms with Gasteiger partial charge in [-0.2, -0.15) is 5.10 Å². The van der Waals surface area contributed by atoms with Gasteiger partial charge in [-0.3, -0.25) is 5.41 Å². The van der Waals surface area contributed by atoms with E-state index in [2.05, 4.69) is 21.0 Å². The van der Waals surface area contributed by atoms with Crippen LogP contribution in [0.15, 0.2) is 35.1 Å². The van der Waals surface area contributed by atoms with Crippen LogP contribution in [-0.4, -0.2) is 15.6 Å². The van der Waals surface area contributed by atoms with Gasteiger partial charge < -0.3 is 5.73 Å². The number of hydrogen-bond donors (Lipinski definition) is 2. The Bertz CT molecular complexity index is 536. The lowest BCUT2D eigenvalue weighted by atomic mass is 10.2. The van der Waals surface area contributed by atoms with Crippen LogP contribution in [0.4, 0.5) is 4.39 Å². The summed E-state index contributed by atoms with van der Waals surface area (Å²) in [5, 5.41) is 11.2. The van der Waals surface area contributed by atoms with E-state index in [1.807, 2.05) is 0 Å². The molecule has 0 saturated carbocycles. The molecule has 2 aromatic rings. The number of benzene rings is 1. The monoisotopic (exact) mass is 282 g/mol. The maximum Gasteiger partial charge on any atom is 0.163 e. The Morgan fingerprint density at radius 1 is 1.50 bits per heavy atom. The van der Waals surface area contributed by atoms with Crippen molar-refractivity contribution in [3.63, 3.8) is 0 Å². The number of nitrogens with two attached hydrogens (primary N) is 1. The van der Waals surface area contributed by atoms with E-state index in [-0.39, 0.29) is 10.3 Å². The van der Waals surface area contributed by atoms with Gasteiger partial charge in [0.15, 0.2) is 5.82 Å². The fourth-order valence-electron chi connectivity index (χ4n) is 1.34. The molecule has 3 N–H and O–H groups in total. The molecule has 1 aromatic heterocycles. The van der Waals surface area contributed by atoms with E-state index in [0.717, 1.165) is 0 Å². The van der Waals surface area contributed by atoms with E-state index >= 15 is 0 Å². The number of aromatic nitrogens is 2. The molecule has 0 radical (unpaired) electrons. The highest BCUT2D eigenvalue weighted by atomic mass is 79.9. The van der Waals surface area contributed by atoms with Gasteiger partial charge in [-0.15, -0.1) is 0 Å². The van der Waals surface area contributed by atoms with Gasteiger partial charge in [0.25, 0.3) is 0 Å². The van der Waals surface area contributed by atoms with Gasteiger partial charge in [0, 0.05) is 18.0 Å². The molecular weight excluding hydrogens is 275 g/mol. The Hall–Kier alpha value is -1.69. The number of nitrogens with zero attached hydrogens (tertiary/aromatic N) is 2. The minimum atomic E-state index is -0.489. The van der Waals surface area contributed by atoms with Crippen LogP contribution >= 0.6 is 15.9 Å². The summed E-state index contributed by atoms with van der Waals surface area (Å²) in [5.74, 6) is -0.672. The smallest absolute Gasteiger partial charge is 0.163 e. The number of nitrogen functional groups attached to an aromatic ring is 1. The van der Waals surface area contributed by atoms with Crippen molar-refractivity contribution in [1.82, 2.24) is 9.78 Å². The molecule has 1 heterocycles. The molecule has 2 rings (SSSR count). The average Bonchev–Trinajstić information content (AvgIpc) is 2.74. The van der Waals surface area contributed by atoms with E-state index < -0.39 is 5.82 Å². The lowest BCUT2D eigenvalue weighted by Crippen LogP contribution is -2.13. The first kappa shape index (κ1) is 10.8. The third-order valence-electron chi connectivity index (χ3n) is 2.10. The van der Waals surface area contributed by atoms with Crippen molar-refractivity contribution < 1.29 is 4.39 Å². The fraction of sp³-hybridized carbons (Fsp3) is 0. The third-order valence-corrected chi connectivity index (χ3v) is 2.88. The van der Waals surface area contributed by atoms with Gasteiger partial charge in [0.05, 0.1) is 4.47 Å².